The van der Waals surface area contributed by atoms with Gasteiger partial charge < -0.3 is 14.7 Å². The van der Waals surface area contributed by atoms with Crippen LogP contribution in [-0.4, -0.2) is 49.6 Å². The number of piperidine rings is 1. The van der Waals surface area contributed by atoms with Crippen molar-refractivity contribution in [2.45, 2.75) is 37.9 Å². The van der Waals surface area contributed by atoms with Crippen LogP contribution in [0.5, 0.6) is 0 Å². The lowest BCUT2D eigenvalue weighted by molar-refractivity contribution is -0.137. The van der Waals surface area contributed by atoms with Crippen LogP contribution in [0.4, 0.5) is 24.5 Å². The van der Waals surface area contributed by atoms with E-state index >= 15 is 0 Å². The Bertz CT molecular complexity index is 984. The van der Waals surface area contributed by atoms with Crippen molar-refractivity contribution in [2.24, 2.45) is 5.92 Å². The number of anilines is 2. The number of rotatable bonds is 2. The molecule has 170 valence electrons. The van der Waals surface area contributed by atoms with Gasteiger partial charge in [-0.05, 0) is 55.5 Å². The molecular weight excluding hydrogens is 415 g/mol. The van der Waals surface area contributed by atoms with Crippen LogP contribution in [0.15, 0.2) is 48.5 Å². The first-order valence-electron chi connectivity index (χ1n) is 11.5. The van der Waals surface area contributed by atoms with Crippen LogP contribution in [0.25, 0.3) is 0 Å². The van der Waals surface area contributed by atoms with E-state index in [1.165, 1.54) is 23.4 Å². The predicted molar refractivity (Wildman–Crippen MR) is 119 cm³/mol. The van der Waals surface area contributed by atoms with Gasteiger partial charge in [-0.25, -0.2) is 0 Å². The molecule has 2 aromatic rings. The number of hydrogen-bond donors (Lipinski definition) is 0. The second kappa shape index (κ2) is 8.34. The van der Waals surface area contributed by atoms with E-state index < -0.39 is 11.7 Å². The Hall–Kier alpha value is -2.70. The average Bonchev–Trinajstić information content (AvgIpc) is 2.83. The second-order valence-corrected chi connectivity index (χ2v) is 9.06. The Balaban J connectivity index is 1.29. The van der Waals surface area contributed by atoms with Gasteiger partial charge in [-0.15, -0.1) is 0 Å². The molecular formula is C25H28F3N3O. The molecule has 2 fully saturated rings. The molecule has 2 saturated heterocycles. The molecule has 0 aliphatic carbocycles. The summed E-state index contributed by atoms with van der Waals surface area (Å²) in [5.41, 5.74) is 2.45. The van der Waals surface area contributed by atoms with E-state index in [0.717, 1.165) is 38.3 Å². The molecule has 32 heavy (non-hydrogen) atoms. The third kappa shape index (κ3) is 3.93. The van der Waals surface area contributed by atoms with E-state index in [1.807, 2.05) is 15.9 Å². The summed E-state index contributed by atoms with van der Waals surface area (Å²) in [5.74, 6) is 0.144. The number of amides is 1. The molecule has 4 nitrogen and oxygen atoms in total. The van der Waals surface area contributed by atoms with Gasteiger partial charge in [0.05, 0.1) is 11.5 Å². The van der Waals surface area contributed by atoms with Crippen LogP contribution >= 0.6 is 0 Å². The van der Waals surface area contributed by atoms with Gasteiger partial charge in [0.25, 0.3) is 0 Å². The second-order valence-electron chi connectivity index (χ2n) is 9.06. The van der Waals surface area contributed by atoms with E-state index in [-0.39, 0.29) is 17.9 Å². The SMILES string of the molecule is O=C([C@H]1Cc2ccccc2N2CCCC[C@H]12)N1CCN(c2cccc(C(F)(F)F)c2)CC1. The number of hydrogen-bond acceptors (Lipinski definition) is 3. The molecule has 7 heteroatoms. The van der Waals surface area contributed by atoms with Gasteiger partial charge in [-0.2, -0.15) is 13.2 Å². The maximum absolute atomic E-state index is 13.6. The Morgan fingerprint density at radius 1 is 0.906 bits per heavy atom. The van der Waals surface area contributed by atoms with Crippen LogP contribution in [0, 0.1) is 5.92 Å². The van der Waals surface area contributed by atoms with Crippen LogP contribution in [0.3, 0.4) is 0 Å². The van der Waals surface area contributed by atoms with Gasteiger partial charge in [0, 0.05) is 50.1 Å². The van der Waals surface area contributed by atoms with Crippen molar-refractivity contribution < 1.29 is 18.0 Å². The number of piperazine rings is 1. The van der Waals surface area contributed by atoms with Crippen molar-refractivity contribution in [1.29, 1.82) is 0 Å². The number of fused-ring (bicyclic) bond motifs is 3. The van der Waals surface area contributed by atoms with Crippen LogP contribution in [0.1, 0.15) is 30.4 Å². The monoisotopic (exact) mass is 443 g/mol. The third-order valence-corrected chi connectivity index (χ3v) is 7.20. The van der Waals surface area contributed by atoms with Gasteiger partial charge >= 0.3 is 6.18 Å². The van der Waals surface area contributed by atoms with Crippen molar-refractivity contribution >= 4 is 17.3 Å². The minimum atomic E-state index is -4.35. The molecule has 0 aromatic heterocycles. The lowest BCUT2D eigenvalue weighted by atomic mass is 9.80. The highest BCUT2D eigenvalue weighted by Crippen LogP contribution is 2.39. The molecule has 1 amide bonds. The number of carbonyl (C=O) groups excluding carboxylic acids is 1. The summed E-state index contributed by atoms with van der Waals surface area (Å²) >= 11 is 0. The number of carbonyl (C=O) groups is 1. The molecule has 3 aliphatic heterocycles. The van der Waals surface area contributed by atoms with Gasteiger partial charge in [-0.3, -0.25) is 4.79 Å². The third-order valence-electron chi connectivity index (χ3n) is 7.20. The number of halogens is 3. The highest BCUT2D eigenvalue weighted by atomic mass is 19.4. The number of alkyl halides is 3. The van der Waals surface area contributed by atoms with E-state index in [4.69, 9.17) is 0 Å². The first-order chi connectivity index (χ1) is 15.4. The van der Waals surface area contributed by atoms with Gasteiger partial charge in [0.1, 0.15) is 0 Å². The van der Waals surface area contributed by atoms with Crippen molar-refractivity contribution in [2.75, 3.05) is 42.5 Å². The van der Waals surface area contributed by atoms with E-state index in [2.05, 4.69) is 23.1 Å². The zero-order valence-electron chi connectivity index (χ0n) is 18.0. The Morgan fingerprint density at radius 2 is 1.69 bits per heavy atom. The van der Waals surface area contributed by atoms with Crippen molar-refractivity contribution in [3.63, 3.8) is 0 Å². The molecule has 0 saturated carbocycles. The first kappa shape index (κ1) is 21.2. The summed E-state index contributed by atoms with van der Waals surface area (Å²) in [4.78, 5) is 19.9. The highest BCUT2D eigenvalue weighted by molar-refractivity contribution is 5.82. The summed E-state index contributed by atoms with van der Waals surface area (Å²) in [7, 11) is 0. The largest absolute Gasteiger partial charge is 0.416 e. The fourth-order valence-electron chi connectivity index (χ4n) is 5.56. The highest BCUT2D eigenvalue weighted by Gasteiger charge is 2.41. The lowest BCUT2D eigenvalue weighted by Crippen LogP contribution is -2.57. The number of para-hydroxylation sites is 1. The van der Waals surface area contributed by atoms with Gasteiger partial charge in [-0.1, -0.05) is 24.3 Å². The first-order valence-corrected chi connectivity index (χ1v) is 11.5. The van der Waals surface area contributed by atoms with Crippen molar-refractivity contribution in [3.05, 3.63) is 59.7 Å². The van der Waals surface area contributed by atoms with E-state index in [1.54, 1.807) is 6.07 Å². The van der Waals surface area contributed by atoms with E-state index in [0.29, 0.717) is 31.9 Å². The maximum atomic E-state index is 13.6. The zero-order chi connectivity index (χ0) is 22.3. The summed E-state index contributed by atoms with van der Waals surface area (Å²) in [6.07, 6.45) is -0.242. The fourth-order valence-corrected chi connectivity index (χ4v) is 5.56. The van der Waals surface area contributed by atoms with Crippen molar-refractivity contribution in [3.8, 4) is 0 Å². The summed E-state index contributed by atoms with van der Waals surface area (Å²) < 4.78 is 39.2. The van der Waals surface area contributed by atoms with Crippen molar-refractivity contribution in [1.82, 2.24) is 4.90 Å². The predicted octanol–water partition coefficient (Wildman–Crippen LogP) is 4.59. The smallest absolute Gasteiger partial charge is 0.368 e. The molecule has 3 heterocycles. The summed E-state index contributed by atoms with van der Waals surface area (Å²) in [6, 6.07) is 14.1. The molecule has 5 rings (SSSR count). The zero-order valence-corrected chi connectivity index (χ0v) is 18.0. The summed E-state index contributed by atoms with van der Waals surface area (Å²) in [6.45, 7) is 3.17. The lowest BCUT2D eigenvalue weighted by Gasteiger charge is -2.47. The van der Waals surface area contributed by atoms with E-state index in [9.17, 15) is 18.0 Å². The van der Waals surface area contributed by atoms with Crippen LogP contribution in [-0.2, 0) is 17.4 Å². The topological polar surface area (TPSA) is 26.8 Å². The number of benzene rings is 2. The molecule has 2 aromatic carbocycles. The molecule has 3 aliphatic rings. The fraction of sp³-hybridized carbons (Fsp3) is 0.480. The molecule has 0 bridgehead atoms. The molecule has 0 unspecified atom stereocenters. The minimum absolute atomic E-state index is 0.0506. The number of nitrogens with zero attached hydrogens (tertiary/aromatic N) is 3. The molecule has 0 spiro atoms. The van der Waals surface area contributed by atoms with Crippen LogP contribution in [0.2, 0.25) is 0 Å². The standard InChI is InChI=1S/C25H28F3N3O/c26-25(27,28)19-7-5-8-20(17-19)29-12-14-30(15-13-29)24(32)21-16-18-6-1-2-9-22(18)31-11-4-3-10-23(21)31/h1-2,5-9,17,21,23H,3-4,10-16H2/t21-,23+/m0/s1. The van der Waals surface area contributed by atoms with Gasteiger partial charge in [0.15, 0.2) is 0 Å². The maximum Gasteiger partial charge on any atom is 0.416 e. The van der Waals surface area contributed by atoms with Gasteiger partial charge in [0.2, 0.25) is 5.91 Å². The Morgan fingerprint density at radius 3 is 2.47 bits per heavy atom. The molecule has 2 atom stereocenters. The Kier molecular flexibility index (Phi) is 5.51. The molecule has 0 radical (unpaired) electrons. The summed E-state index contributed by atoms with van der Waals surface area (Å²) in [5, 5.41) is 0. The van der Waals surface area contributed by atoms with Crippen LogP contribution < -0.4 is 9.80 Å². The molecule has 0 N–H and O–H groups in total. The average molecular weight is 444 g/mol. The minimum Gasteiger partial charge on any atom is -0.368 e. The normalized spacial score (nSPS) is 23.5. The Labute approximate surface area is 186 Å². The quantitative estimate of drug-likeness (QED) is 0.680.